The molecule has 0 spiro atoms. The molecule has 0 saturated carbocycles. The molecule has 0 unspecified atom stereocenters. The molecule has 0 heterocycles. The molecule has 44 heavy (non-hydrogen) atoms. The van der Waals surface area contributed by atoms with Crippen LogP contribution in [0, 0.1) is 5.92 Å². The predicted octanol–water partition coefficient (Wildman–Crippen LogP) is 3.64. The number of aliphatic hydroxyl groups excluding tert-OH is 1. The Kier molecular flexibility index (Phi) is 13.2. The Labute approximate surface area is 260 Å². The molecule has 0 aliphatic carbocycles. The second-order valence-electron chi connectivity index (χ2n) is 11.8. The molecule has 1 atom stereocenters. The summed E-state index contributed by atoms with van der Waals surface area (Å²) in [5, 5.41) is 16.2. The fourth-order valence-electron chi connectivity index (χ4n) is 4.03. The van der Waals surface area contributed by atoms with E-state index >= 15 is 0 Å². The van der Waals surface area contributed by atoms with Crippen molar-refractivity contribution in [2.75, 3.05) is 45.2 Å². The Morgan fingerprint density at radius 3 is 2.02 bits per heavy atom. The lowest BCUT2D eigenvalue weighted by atomic mass is 10.1. The van der Waals surface area contributed by atoms with E-state index in [9.17, 15) is 27.9 Å². The summed E-state index contributed by atoms with van der Waals surface area (Å²) in [4.78, 5) is 40.0. The number of aliphatic hydroxyl groups is 1. The molecular formula is C31H46N4O8S. The number of nitrogens with zero attached hydrogens (tertiary/aromatic N) is 2. The quantitative estimate of drug-likeness (QED) is 0.285. The normalized spacial score (nSPS) is 12.5. The Bertz CT molecular complexity index is 1390. The van der Waals surface area contributed by atoms with E-state index in [4.69, 9.17) is 9.47 Å². The number of rotatable bonds is 14. The summed E-state index contributed by atoms with van der Waals surface area (Å²) in [6, 6.07) is 10.3. The zero-order valence-electron chi connectivity index (χ0n) is 26.8. The second-order valence-corrected chi connectivity index (χ2v) is 13.8. The molecule has 3 amide bonds. The highest BCUT2D eigenvalue weighted by molar-refractivity contribution is 7.89. The van der Waals surface area contributed by atoms with Gasteiger partial charge in [0.1, 0.15) is 11.4 Å². The summed E-state index contributed by atoms with van der Waals surface area (Å²) in [5.41, 5.74) is -0.285. The number of carbonyl (C=O) groups is 3. The van der Waals surface area contributed by atoms with Gasteiger partial charge in [-0.2, -0.15) is 4.31 Å². The molecule has 0 aliphatic rings. The number of amides is 3. The van der Waals surface area contributed by atoms with Gasteiger partial charge in [-0.25, -0.2) is 13.2 Å². The average molecular weight is 635 g/mol. The first-order valence-corrected chi connectivity index (χ1v) is 15.9. The number of ether oxygens (including phenoxy) is 2. The fraction of sp³-hybridized carbons (Fsp3) is 0.516. The summed E-state index contributed by atoms with van der Waals surface area (Å²) in [6.07, 6.45) is -1.21. The van der Waals surface area contributed by atoms with E-state index in [0.29, 0.717) is 18.7 Å². The zero-order valence-corrected chi connectivity index (χ0v) is 27.7. The van der Waals surface area contributed by atoms with Crippen molar-refractivity contribution < 1.29 is 37.4 Å². The van der Waals surface area contributed by atoms with Crippen LogP contribution < -0.4 is 20.3 Å². The van der Waals surface area contributed by atoms with Gasteiger partial charge < -0.3 is 25.2 Å². The minimum absolute atomic E-state index is 0.0354. The number of methoxy groups -OCH3 is 1. The lowest BCUT2D eigenvalue weighted by molar-refractivity contribution is 0.0588. The van der Waals surface area contributed by atoms with Gasteiger partial charge in [-0.05, 0) is 75.6 Å². The number of sulfonamides is 1. The molecule has 0 fully saturated rings. The zero-order chi connectivity index (χ0) is 33.2. The number of hydrogen-bond acceptors (Lipinski definition) is 8. The largest absolute Gasteiger partial charge is 0.497 e. The van der Waals surface area contributed by atoms with Crippen LogP contribution in [0.1, 0.15) is 68.7 Å². The van der Waals surface area contributed by atoms with Crippen molar-refractivity contribution in [3.63, 3.8) is 0 Å². The molecule has 3 N–H and O–H groups in total. The van der Waals surface area contributed by atoms with E-state index in [1.54, 1.807) is 32.9 Å². The monoisotopic (exact) mass is 634 g/mol. The highest BCUT2D eigenvalue weighted by Gasteiger charge is 2.28. The molecule has 0 bridgehead atoms. The van der Waals surface area contributed by atoms with Gasteiger partial charge in [0, 0.05) is 50.0 Å². The van der Waals surface area contributed by atoms with Gasteiger partial charge in [0.25, 0.3) is 11.8 Å². The Balaban J connectivity index is 2.26. The third-order valence-corrected chi connectivity index (χ3v) is 8.06. The first-order chi connectivity index (χ1) is 20.5. The molecule has 2 rings (SSSR count). The van der Waals surface area contributed by atoms with E-state index in [1.807, 2.05) is 20.8 Å². The van der Waals surface area contributed by atoms with Crippen LogP contribution >= 0.6 is 0 Å². The van der Waals surface area contributed by atoms with E-state index in [2.05, 4.69) is 10.6 Å². The summed E-state index contributed by atoms with van der Waals surface area (Å²) in [6.45, 7) is 10.8. The minimum Gasteiger partial charge on any atom is -0.497 e. The summed E-state index contributed by atoms with van der Waals surface area (Å²) >= 11 is 0. The van der Waals surface area contributed by atoms with E-state index in [-0.39, 0.29) is 47.3 Å². The maximum atomic E-state index is 13.4. The predicted molar refractivity (Wildman–Crippen MR) is 169 cm³/mol. The van der Waals surface area contributed by atoms with Crippen LogP contribution in [-0.2, 0) is 14.8 Å². The highest BCUT2D eigenvalue weighted by Crippen LogP contribution is 2.23. The Hall–Kier alpha value is -3.68. The van der Waals surface area contributed by atoms with Crippen molar-refractivity contribution in [2.24, 2.45) is 5.92 Å². The highest BCUT2D eigenvalue weighted by atomic mass is 32.2. The van der Waals surface area contributed by atoms with Crippen molar-refractivity contribution in [1.29, 1.82) is 0 Å². The molecule has 0 aromatic heterocycles. The maximum Gasteiger partial charge on any atom is 0.414 e. The molecule has 13 heteroatoms. The van der Waals surface area contributed by atoms with E-state index in [0.717, 1.165) is 0 Å². The first-order valence-electron chi connectivity index (χ1n) is 14.5. The van der Waals surface area contributed by atoms with Crippen molar-refractivity contribution in [3.8, 4) is 5.75 Å². The third-order valence-electron chi connectivity index (χ3n) is 6.21. The molecule has 244 valence electrons. The maximum absolute atomic E-state index is 13.4. The minimum atomic E-state index is -3.95. The van der Waals surface area contributed by atoms with Crippen molar-refractivity contribution >= 4 is 33.6 Å². The lowest BCUT2D eigenvalue weighted by Gasteiger charge is -2.26. The number of nitrogens with one attached hydrogen (secondary N) is 2. The van der Waals surface area contributed by atoms with Gasteiger partial charge >= 0.3 is 6.09 Å². The van der Waals surface area contributed by atoms with Crippen LogP contribution in [-0.4, -0.2) is 87.8 Å². The Morgan fingerprint density at radius 2 is 1.52 bits per heavy atom. The Morgan fingerprint density at radius 1 is 0.955 bits per heavy atom. The van der Waals surface area contributed by atoms with Gasteiger partial charge in [-0.3, -0.25) is 14.5 Å². The molecule has 0 saturated heterocycles. The van der Waals surface area contributed by atoms with Gasteiger partial charge in [0.2, 0.25) is 10.0 Å². The van der Waals surface area contributed by atoms with E-state index in [1.165, 1.54) is 53.7 Å². The van der Waals surface area contributed by atoms with Crippen LogP contribution in [0.25, 0.3) is 0 Å². The topological polar surface area (TPSA) is 155 Å². The number of hydrogen-bond donors (Lipinski definition) is 3. The van der Waals surface area contributed by atoms with Gasteiger partial charge in [0.15, 0.2) is 0 Å². The van der Waals surface area contributed by atoms with Crippen LogP contribution in [0.5, 0.6) is 5.75 Å². The molecule has 2 aromatic carbocycles. The SMILES string of the molecule is CCCNC(=O)c1cc(C(=O)NC[C@H](O)CN(CC(C)C)S(=O)(=O)c2ccc(OC)cc2)cc(N(C)C(=O)OC(C)(C)C)c1. The standard InChI is InChI=1S/C31H46N4O8S/c1-9-14-32-28(37)22-15-23(17-24(16-22)34(7)30(39)43-31(4,5)6)29(38)33-18-25(36)20-35(19-21(2)3)44(40,41)27-12-10-26(42-8)11-13-27/h10-13,15-17,21,25,36H,9,14,18-20H2,1-8H3,(H,32,37)(H,33,38)/t25-/m0/s1. The van der Waals surface area contributed by atoms with E-state index < -0.39 is 39.6 Å². The van der Waals surface area contributed by atoms with Gasteiger partial charge in [0.05, 0.1) is 18.1 Å². The number of carbonyl (C=O) groups excluding carboxylic acids is 3. The summed E-state index contributed by atoms with van der Waals surface area (Å²) in [7, 11) is -1.00. The van der Waals surface area contributed by atoms with Crippen LogP contribution in [0.15, 0.2) is 47.4 Å². The van der Waals surface area contributed by atoms with Crippen molar-refractivity contribution in [2.45, 2.75) is 64.6 Å². The fourth-order valence-corrected chi connectivity index (χ4v) is 5.67. The third kappa shape index (κ3) is 10.8. The number of anilines is 1. The molecule has 12 nitrogen and oxygen atoms in total. The van der Waals surface area contributed by atoms with Crippen molar-refractivity contribution in [3.05, 3.63) is 53.6 Å². The lowest BCUT2D eigenvalue weighted by Crippen LogP contribution is -2.44. The smallest absolute Gasteiger partial charge is 0.414 e. The molecular weight excluding hydrogens is 588 g/mol. The first kappa shape index (κ1) is 36.5. The van der Waals surface area contributed by atoms with Crippen molar-refractivity contribution in [1.82, 2.24) is 14.9 Å². The molecule has 2 aromatic rings. The molecule has 0 radical (unpaired) electrons. The second kappa shape index (κ2) is 15.9. The van der Waals surface area contributed by atoms with Crippen LogP contribution in [0.4, 0.5) is 10.5 Å². The van der Waals surface area contributed by atoms with Crippen LogP contribution in [0.3, 0.4) is 0 Å². The summed E-state index contributed by atoms with van der Waals surface area (Å²) < 4.78 is 38.5. The molecule has 0 aliphatic heterocycles. The number of benzene rings is 2. The van der Waals surface area contributed by atoms with Crippen LogP contribution in [0.2, 0.25) is 0 Å². The average Bonchev–Trinajstić information content (AvgIpc) is 2.96. The van der Waals surface area contributed by atoms with Gasteiger partial charge in [-0.15, -0.1) is 0 Å². The van der Waals surface area contributed by atoms with Gasteiger partial charge in [-0.1, -0.05) is 20.8 Å². The summed E-state index contributed by atoms with van der Waals surface area (Å²) in [5.74, 6) is -0.573.